The molecular weight excluding hydrogens is 471 g/mol. The number of aliphatic imine (C=N–C) groups is 1. The molecule has 0 amide bonds. The first kappa shape index (κ1) is 22.3. The van der Waals surface area contributed by atoms with Crippen molar-refractivity contribution in [3.63, 3.8) is 0 Å². The maximum atomic E-state index is 5.16. The Morgan fingerprint density at radius 3 is 2.61 bits per heavy atom. The van der Waals surface area contributed by atoms with Gasteiger partial charge in [-0.25, -0.2) is 4.99 Å². The normalized spacial score (nSPS) is 15.4. The molecule has 0 spiro atoms. The average molecular weight is 500 g/mol. The Kier molecular flexibility index (Phi) is 8.42. The summed E-state index contributed by atoms with van der Waals surface area (Å²) in [5.74, 6) is 3.47. The van der Waals surface area contributed by atoms with E-state index in [0.29, 0.717) is 13.1 Å². The van der Waals surface area contributed by atoms with E-state index in [1.807, 2.05) is 37.6 Å². The highest BCUT2D eigenvalue weighted by atomic mass is 127. The third-order valence-electron chi connectivity index (χ3n) is 4.69. The largest absolute Gasteiger partial charge is 0.361 e. The van der Waals surface area contributed by atoms with Crippen LogP contribution in [0.15, 0.2) is 28.2 Å². The number of nitrogens with one attached hydrogen (secondary N) is 1. The molecule has 28 heavy (non-hydrogen) atoms. The highest BCUT2D eigenvalue weighted by molar-refractivity contribution is 14.0. The van der Waals surface area contributed by atoms with Gasteiger partial charge in [0.25, 0.3) is 0 Å². The van der Waals surface area contributed by atoms with Gasteiger partial charge in [0.05, 0.1) is 5.69 Å². The van der Waals surface area contributed by atoms with E-state index in [2.05, 4.69) is 37.0 Å². The van der Waals surface area contributed by atoms with Crippen LogP contribution in [0.3, 0.4) is 0 Å². The van der Waals surface area contributed by atoms with Crippen molar-refractivity contribution in [3.05, 3.63) is 41.8 Å². The number of nitrogens with zero attached hydrogens (tertiary/aromatic N) is 7. The van der Waals surface area contributed by atoms with Gasteiger partial charge in [-0.2, -0.15) is 0 Å². The molecule has 0 aromatic carbocycles. The zero-order valence-corrected chi connectivity index (χ0v) is 19.1. The Morgan fingerprint density at radius 2 is 2.04 bits per heavy atom. The molecule has 1 saturated heterocycles. The molecule has 3 heterocycles. The monoisotopic (exact) mass is 500 g/mol. The molecule has 0 saturated carbocycles. The SMILES string of the molecule is C=CCNC(=NCc1nnc(C)n1C)N1CCN(Cc2cc(C)on2)CC1.I. The minimum absolute atomic E-state index is 0. The van der Waals surface area contributed by atoms with Gasteiger partial charge in [0.15, 0.2) is 11.8 Å². The predicted molar refractivity (Wildman–Crippen MR) is 119 cm³/mol. The lowest BCUT2D eigenvalue weighted by atomic mass is 10.3. The van der Waals surface area contributed by atoms with Gasteiger partial charge in [0.1, 0.15) is 18.1 Å². The third kappa shape index (κ3) is 5.77. The highest BCUT2D eigenvalue weighted by Gasteiger charge is 2.20. The van der Waals surface area contributed by atoms with Crippen molar-refractivity contribution in [3.8, 4) is 0 Å². The Bertz CT molecular complexity index is 791. The Hall–Kier alpha value is -1.95. The Morgan fingerprint density at radius 1 is 1.29 bits per heavy atom. The van der Waals surface area contributed by atoms with E-state index in [9.17, 15) is 0 Å². The van der Waals surface area contributed by atoms with Gasteiger partial charge >= 0.3 is 0 Å². The summed E-state index contributed by atoms with van der Waals surface area (Å²) in [6.45, 7) is 13.3. The summed E-state index contributed by atoms with van der Waals surface area (Å²) in [7, 11) is 1.96. The molecule has 1 N–H and O–H groups in total. The molecule has 2 aromatic rings. The number of aromatic nitrogens is 4. The van der Waals surface area contributed by atoms with Crippen molar-refractivity contribution >= 4 is 29.9 Å². The van der Waals surface area contributed by atoms with E-state index in [0.717, 1.165) is 61.8 Å². The summed E-state index contributed by atoms with van der Waals surface area (Å²) in [6.07, 6.45) is 1.84. The lowest BCUT2D eigenvalue weighted by Crippen LogP contribution is -2.52. The van der Waals surface area contributed by atoms with E-state index < -0.39 is 0 Å². The van der Waals surface area contributed by atoms with Crippen molar-refractivity contribution < 1.29 is 4.52 Å². The van der Waals surface area contributed by atoms with Crippen LogP contribution in [-0.4, -0.2) is 68.4 Å². The molecule has 1 aliphatic heterocycles. The van der Waals surface area contributed by atoms with Crippen LogP contribution >= 0.6 is 24.0 Å². The van der Waals surface area contributed by atoms with Crippen molar-refractivity contribution in [2.75, 3.05) is 32.7 Å². The molecule has 1 aliphatic rings. The second-order valence-electron chi connectivity index (χ2n) is 6.72. The van der Waals surface area contributed by atoms with E-state index in [1.54, 1.807) is 0 Å². The summed E-state index contributed by atoms with van der Waals surface area (Å²) in [6, 6.07) is 1.99. The number of hydrogen-bond donors (Lipinski definition) is 1. The van der Waals surface area contributed by atoms with Gasteiger partial charge in [-0.1, -0.05) is 11.2 Å². The van der Waals surface area contributed by atoms with Crippen LogP contribution in [0.4, 0.5) is 0 Å². The molecule has 0 radical (unpaired) electrons. The zero-order valence-electron chi connectivity index (χ0n) is 16.8. The third-order valence-corrected chi connectivity index (χ3v) is 4.69. The van der Waals surface area contributed by atoms with Gasteiger partial charge in [-0.15, -0.1) is 40.8 Å². The van der Waals surface area contributed by atoms with Crippen LogP contribution in [0.2, 0.25) is 0 Å². The summed E-state index contributed by atoms with van der Waals surface area (Å²) >= 11 is 0. The molecule has 9 nitrogen and oxygen atoms in total. The summed E-state index contributed by atoms with van der Waals surface area (Å²) < 4.78 is 7.12. The number of guanidine groups is 1. The van der Waals surface area contributed by atoms with Gasteiger partial charge in [0, 0.05) is 52.4 Å². The van der Waals surface area contributed by atoms with Crippen LogP contribution < -0.4 is 5.32 Å². The highest BCUT2D eigenvalue weighted by Crippen LogP contribution is 2.10. The molecule has 2 aromatic heterocycles. The summed E-state index contributed by atoms with van der Waals surface area (Å²) in [4.78, 5) is 9.41. The molecule has 0 unspecified atom stereocenters. The molecular formula is C18H29IN8O. The maximum absolute atomic E-state index is 5.16. The van der Waals surface area contributed by atoms with Crippen LogP contribution in [0.5, 0.6) is 0 Å². The number of rotatable bonds is 6. The van der Waals surface area contributed by atoms with Gasteiger partial charge in [-0.05, 0) is 13.8 Å². The minimum Gasteiger partial charge on any atom is -0.361 e. The smallest absolute Gasteiger partial charge is 0.194 e. The molecule has 3 rings (SSSR count). The van der Waals surface area contributed by atoms with Crippen molar-refractivity contribution in [2.24, 2.45) is 12.0 Å². The van der Waals surface area contributed by atoms with Crippen molar-refractivity contribution in [1.82, 2.24) is 35.0 Å². The average Bonchev–Trinajstić information content (AvgIpc) is 3.22. The quantitative estimate of drug-likeness (QED) is 0.278. The second-order valence-corrected chi connectivity index (χ2v) is 6.72. The Labute approximate surface area is 182 Å². The molecule has 0 atom stereocenters. The van der Waals surface area contributed by atoms with E-state index in [4.69, 9.17) is 9.52 Å². The van der Waals surface area contributed by atoms with Crippen LogP contribution in [-0.2, 0) is 20.1 Å². The first-order valence-electron chi connectivity index (χ1n) is 9.20. The zero-order chi connectivity index (χ0) is 19.2. The first-order chi connectivity index (χ1) is 13.1. The second kappa shape index (κ2) is 10.6. The van der Waals surface area contributed by atoms with Gasteiger partial charge in [0.2, 0.25) is 0 Å². The van der Waals surface area contributed by atoms with Crippen molar-refractivity contribution in [2.45, 2.75) is 26.9 Å². The fourth-order valence-corrected chi connectivity index (χ4v) is 3.00. The molecule has 0 bridgehead atoms. The standard InChI is InChI=1S/C18H28N8O.HI/c1-5-6-19-18(20-12-17-22-21-15(3)24(17)4)26-9-7-25(8-10-26)13-16-11-14(2)27-23-16;/h5,11H,1,6-10,12-13H2,2-4H3,(H,19,20);1H. The van der Waals surface area contributed by atoms with Gasteiger partial charge < -0.3 is 19.3 Å². The minimum atomic E-state index is 0. The fraction of sp³-hybridized carbons (Fsp3) is 0.556. The molecule has 0 aliphatic carbocycles. The number of piperazine rings is 1. The first-order valence-corrected chi connectivity index (χ1v) is 9.20. The fourth-order valence-electron chi connectivity index (χ4n) is 3.00. The predicted octanol–water partition coefficient (Wildman–Crippen LogP) is 1.49. The number of hydrogen-bond acceptors (Lipinski definition) is 6. The summed E-state index contributed by atoms with van der Waals surface area (Å²) in [5.41, 5.74) is 0.984. The maximum Gasteiger partial charge on any atom is 0.194 e. The van der Waals surface area contributed by atoms with E-state index in [-0.39, 0.29) is 24.0 Å². The van der Waals surface area contributed by atoms with Gasteiger partial charge in [-0.3, -0.25) is 4.90 Å². The number of halogens is 1. The lowest BCUT2D eigenvalue weighted by Gasteiger charge is -2.36. The Balaban J connectivity index is 0.00000280. The topological polar surface area (TPSA) is 87.6 Å². The van der Waals surface area contributed by atoms with E-state index >= 15 is 0 Å². The van der Waals surface area contributed by atoms with Crippen LogP contribution in [0.1, 0.15) is 23.1 Å². The van der Waals surface area contributed by atoms with Crippen LogP contribution in [0.25, 0.3) is 0 Å². The van der Waals surface area contributed by atoms with Crippen molar-refractivity contribution in [1.29, 1.82) is 0 Å². The molecule has 1 fully saturated rings. The summed E-state index contributed by atoms with van der Waals surface area (Å²) in [5, 5.41) is 15.7. The number of aryl methyl sites for hydroxylation is 2. The molecule has 10 heteroatoms. The van der Waals surface area contributed by atoms with Crippen LogP contribution in [0, 0.1) is 13.8 Å². The molecule has 154 valence electrons. The lowest BCUT2D eigenvalue weighted by molar-refractivity contribution is 0.169. The van der Waals surface area contributed by atoms with E-state index in [1.165, 1.54) is 0 Å².